The number of benzene rings is 1. The summed E-state index contributed by atoms with van der Waals surface area (Å²) in [7, 11) is 0. The van der Waals surface area contributed by atoms with Gasteiger partial charge in [-0.15, -0.1) is 0 Å². The maximum atomic E-state index is 6.09. The van der Waals surface area contributed by atoms with Crippen LogP contribution in [-0.4, -0.2) is 14.5 Å². The van der Waals surface area contributed by atoms with Gasteiger partial charge in [-0.25, -0.2) is 0 Å². The van der Waals surface area contributed by atoms with E-state index in [1.807, 2.05) is 16.7 Å². The zero-order valence-corrected chi connectivity index (χ0v) is 13.8. The second kappa shape index (κ2) is 6.26. The lowest BCUT2D eigenvalue weighted by Gasteiger charge is -2.20. The Morgan fingerprint density at radius 3 is 2.65 bits per heavy atom. The standard InChI is InChI=1S/C13H13Cl2N3S2/c1-2-10(7-3-4-8(14)9(15)5-7)18-11(12(16)19)6-17-13(18)20/h3-6,10H,2H2,1H3,(H2,16,19)(H,17,20). The monoisotopic (exact) mass is 345 g/mol. The van der Waals surface area contributed by atoms with Gasteiger partial charge in [0, 0.05) is 6.20 Å². The maximum Gasteiger partial charge on any atom is 0.178 e. The van der Waals surface area contributed by atoms with Crippen molar-refractivity contribution in [1.29, 1.82) is 0 Å². The van der Waals surface area contributed by atoms with Crippen LogP contribution in [0.4, 0.5) is 0 Å². The average Bonchev–Trinajstić information content (AvgIpc) is 2.77. The van der Waals surface area contributed by atoms with Crippen molar-refractivity contribution in [1.82, 2.24) is 9.55 Å². The van der Waals surface area contributed by atoms with Crippen LogP contribution in [0.1, 0.15) is 30.6 Å². The van der Waals surface area contributed by atoms with Crippen molar-refractivity contribution in [3.8, 4) is 0 Å². The van der Waals surface area contributed by atoms with E-state index >= 15 is 0 Å². The molecule has 1 atom stereocenters. The molecule has 3 N–H and O–H groups in total. The highest BCUT2D eigenvalue weighted by atomic mass is 35.5. The summed E-state index contributed by atoms with van der Waals surface area (Å²) in [6.07, 6.45) is 2.55. The van der Waals surface area contributed by atoms with Crippen molar-refractivity contribution in [2.45, 2.75) is 19.4 Å². The van der Waals surface area contributed by atoms with E-state index in [1.165, 1.54) is 0 Å². The topological polar surface area (TPSA) is 46.7 Å². The fourth-order valence-corrected chi connectivity index (χ4v) is 2.91. The molecule has 7 heteroatoms. The Morgan fingerprint density at radius 1 is 1.40 bits per heavy atom. The molecule has 0 aliphatic heterocycles. The van der Waals surface area contributed by atoms with E-state index in [1.54, 1.807) is 12.3 Å². The number of nitrogens with two attached hydrogens (primary N) is 1. The molecule has 0 fully saturated rings. The van der Waals surface area contributed by atoms with Crippen LogP contribution in [0.2, 0.25) is 10.0 Å². The van der Waals surface area contributed by atoms with E-state index < -0.39 is 0 Å². The lowest BCUT2D eigenvalue weighted by atomic mass is 10.0. The van der Waals surface area contributed by atoms with E-state index in [0.29, 0.717) is 25.5 Å². The second-order valence-corrected chi connectivity index (χ2v) is 5.95. The van der Waals surface area contributed by atoms with Gasteiger partial charge < -0.3 is 15.3 Å². The van der Waals surface area contributed by atoms with Gasteiger partial charge in [0.2, 0.25) is 0 Å². The van der Waals surface area contributed by atoms with Crippen molar-refractivity contribution in [2.24, 2.45) is 5.73 Å². The smallest absolute Gasteiger partial charge is 0.178 e. The van der Waals surface area contributed by atoms with Crippen LogP contribution < -0.4 is 5.73 Å². The summed E-state index contributed by atoms with van der Waals surface area (Å²) in [5.74, 6) is 0. The first-order valence-electron chi connectivity index (χ1n) is 6.00. The number of rotatable bonds is 4. The van der Waals surface area contributed by atoms with Crippen LogP contribution in [0, 0.1) is 4.77 Å². The Morgan fingerprint density at radius 2 is 2.10 bits per heavy atom. The van der Waals surface area contributed by atoms with E-state index in [4.69, 9.17) is 53.4 Å². The summed E-state index contributed by atoms with van der Waals surface area (Å²) in [4.78, 5) is 3.28. The molecule has 106 valence electrons. The van der Waals surface area contributed by atoms with Crippen LogP contribution in [-0.2, 0) is 0 Å². The van der Waals surface area contributed by atoms with Crippen LogP contribution in [0.5, 0.6) is 0 Å². The summed E-state index contributed by atoms with van der Waals surface area (Å²) < 4.78 is 2.49. The van der Waals surface area contributed by atoms with Crippen molar-refractivity contribution < 1.29 is 0 Å². The van der Waals surface area contributed by atoms with Gasteiger partial charge in [-0.1, -0.05) is 48.4 Å². The normalized spacial score (nSPS) is 12.3. The Hall–Kier alpha value is -0.880. The van der Waals surface area contributed by atoms with Gasteiger partial charge in [0.25, 0.3) is 0 Å². The first-order valence-corrected chi connectivity index (χ1v) is 7.57. The minimum atomic E-state index is 0.0000154. The molecule has 0 saturated carbocycles. The molecule has 2 aromatic rings. The Labute approximate surface area is 137 Å². The molecular formula is C13H13Cl2N3S2. The lowest BCUT2D eigenvalue weighted by Crippen LogP contribution is -2.20. The first kappa shape index (κ1) is 15.5. The molecule has 1 aromatic carbocycles. The zero-order chi connectivity index (χ0) is 14.9. The fourth-order valence-electron chi connectivity index (χ4n) is 2.16. The van der Waals surface area contributed by atoms with Crippen molar-refractivity contribution in [2.75, 3.05) is 0 Å². The van der Waals surface area contributed by atoms with Gasteiger partial charge in [0.05, 0.1) is 21.8 Å². The van der Waals surface area contributed by atoms with Crippen molar-refractivity contribution >= 4 is 52.6 Å². The molecule has 2 rings (SSSR count). The predicted molar refractivity (Wildman–Crippen MR) is 90.4 cm³/mol. The number of thiocarbonyl (C=S) groups is 1. The Balaban J connectivity index is 2.58. The van der Waals surface area contributed by atoms with Gasteiger partial charge in [0.1, 0.15) is 4.99 Å². The number of nitrogens with zero attached hydrogens (tertiary/aromatic N) is 1. The first-order chi connectivity index (χ1) is 9.45. The second-order valence-electron chi connectivity index (χ2n) is 4.31. The molecular weight excluding hydrogens is 333 g/mol. The van der Waals surface area contributed by atoms with Gasteiger partial charge in [-0.3, -0.25) is 0 Å². The highest BCUT2D eigenvalue weighted by Crippen LogP contribution is 2.30. The van der Waals surface area contributed by atoms with Crippen LogP contribution >= 0.6 is 47.6 Å². The highest BCUT2D eigenvalue weighted by molar-refractivity contribution is 7.80. The number of hydrogen-bond acceptors (Lipinski definition) is 2. The number of H-pyrrole nitrogens is 1. The van der Waals surface area contributed by atoms with Crippen LogP contribution in [0.15, 0.2) is 24.4 Å². The van der Waals surface area contributed by atoms with Crippen molar-refractivity contribution in [3.63, 3.8) is 0 Å². The number of hydrogen-bond donors (Lipinski definition) is 2. The van der Waals surface area contributed by atoms with Crippen molar-refractivity contribution in [3.05, 3.63) is 50.5 Å². The molecule has 0 saturated heterocycles. The Kier molecular flexibility index (Phi) is 4.86. The van der Waals surface area contributed by atoms with Gasteiger partial charge in [0.15, 0.2) is 4.77 Å². The third kappa shape index (κ3) is 2.91. The number of aromatic amines is 1. The summed E-state index contributed by atoms with van der Waals surface area (Å²) in [5, 5.41) is 1.04. The highest BCUT2D eigenvalue weighted by Gasteiger charge is 2.18. The maximum absolute atomic E-state index is 6.09. The molecule has 1 aromatic heterocycles. The zero-order valence-electron chi connectivity index (χ0n) is 10.7. The SMILES string of the molecule is CCC(c1ccc(Cl)c(Cl)c1)n1c(C(N)=S)c[nH]c1=S. The summed E-state index contributed by atoms with van der Waals surface area (Å²) >= 11 is 22.4. The summed E-state index contributed by atoms with van der Waals surface area (Å²) in [6, 6.07) is 5.55. The molecule has 20 heavy (non-hydrogen) atoms. The molecule has 0 bridgehead atoms. The Bertz CT molecular complexity index is 706. The molecule has 0 radical (unpaired) electrons. The molecule has 3 nitrogen and oxygen atoms in total. The minimum Gasteiger partial charge on any atom is -0.388 e. The average molecular weight is 346 g/mol. The molecule has 1 unspecified atom stereocenters. The number of aromatic nitrogens is 2. The van der Waals surface area contributed by atoms with E-state index in [-0.39, 0.29) is 6.04 Å². The van der Waals surface area contributed by atoms with E-state index in [2.05, 4.69) is 11.9 Å². The lowest BCUT2D eigenvalue weighted by molar-refractivity contribution is 0.557. The van der Waals surface area contributed by atoms with Gasteiger partial charge in [-0.2, -0.15) is 0 Å². The van der Waals surface area contributed by atoms with E-state index in [9.17, 15) is 0 Å². The van der Waals surface area contributed by atoms with Crippen LogP contribution in [0.3, 0.4) is 0 Å². The molecule has 0 aliphatic rings. The molecule has 0 spiro atoms. The predicted octanol–water partition coefficient (Wildman–Crippen LogP) is 4.49. The minimum absolute atomic E-state index is 0.0000154. The summed E-state index contributed by atoms with van der Waals surface area (Å²) in [6.45, 7) is 2.06. The number of nitrogens with one attached hydrogen (secondary N) is 1. The molecule has 0 aliphatic carbocycles. The summed E-state index contributed by atoms with van der Waals surface area (Å²) in [5.41, 5.74) is 7.47. The van der Waals surface area contributed by atoms with Gasteiger partial charge >= 0.3 is 0 Å². The fraction of sp³-hybridized carbons (Fsp3) is 0.231. The van der Waals surface area contributed by atoms with Gasteiger partial charge in [-0.05, 0) is 36.3 Å². The number of halogens is 2. The largest absolute Gasteiger partial charge is 0.388 e. The van der Waals surface area contributed by atoms with E-state index in [0.717, 1.165) is 12.0 Å². The number of imidazole rings is 1. The van der Waals surface area contributed by atoms with Crippen LogP contribution in [0.25, 0.3) is 0 Å². The molecule has 1 heterocycles. The third-order valence-electron chi connectivity index (χ3n) is 3.09. The third-order valence-corrected chi connectivity index (χ3v) is 4.35. The quantitative estimate of drug-likeness (QED) is 0.802. The molecule has 0 amide bonds.